The minimum Gasteiger partial charge on any atom is -0.368 e. The van der Waals surface area contributed by atoms with Crippen LogP contribution in [0, 0.1) is 0 Å². The Labute approximate surface area is 83.9 Å². The first-order valence-electron chi connectivity index (χ1n) is 2.47. The number of halogens is 4. The van der Waals surface area contributed by atoms with Crippen molar-refractivity contribution in [3.05, 3.63) is 0 Å². The van der Waals surface area contributed by atoms with Gasteiger partial charge in [0.1, 0.15) is 0 Å². The Morgan fingerprint density at radius 1 is 1.55 bits per heavy atom. The molecule has 1 unspecified atom stereocenters. The molecule has 66 valence electrons. The van der Waals surface area contributed by atoms with E-state index in [-0.39, 0.29) is 0 Å². The summed E-state index contributed by atoms with van der Waals surface area (Å²) in [4.78, 5) is 10.5. The fourth-order valence-corrected chi connectivity index (χ4v) is 0.890. The average Bonchev–Trinajstić information content (AvgIpc) is 1.82. The van der Waals surface area contributed by atoms with Crippen molar-refractivity contribution in [2.75, 3.05) is 0 Å². The average molecular weight is 241 g/mol. The summed E-state index contributed by atoms with van der Waals surface area (Å²) in [5.41, 5.74) is 0. The maximum Gasteiger partial charge on any atom is 0.236 e. The normalized spacial score (nSPS) is 14.4. The molecule has 0 rings (SSSR count). The van der Waals surface area contributed by atoms with Gasteiger partial charge in [0.2, 0.25) is 9.70 Å². The van der Waals surface area contributed by atoms with Gasteiger partial charge in [0.15, 0.2) is 6.23 Å². The predicted octanol–water partition coefficient (Wildman–Crippen LogP) is 1.68. The van der Waals surface area contributed by atoms with Crippen LogP contribution in [0.4, 0.5) is 0 Å². The van der Waals surface area contributed by atoms with Crippen LogP contribution in [0.1, 0.15) is 6.92 Å². The van der Waals surface area contributed by atoms with Gasteiger partial charge in [0, 0.05) is 18.7 Å². The Bertz CT molecular complexity index is 157. The second-order valence-electron chi connectivity index (χ2n) is 1.75. The molecule has 0 fully saturated rings. The van der Waals surface area contributed by atoms with Crippen molar-refractivity contribution < 1.29 is 9.90 Å². The van der Waals surface area contributed by atoms with Crippen LogP contribution >= 0.6 is 46.6 Å². The molecule has 0 saturated carbocycles. The zero-order chi connectivity index (χ0) is 9.23. The first kappa shape index (κ1) is 11.6. The summed E-state index contributed by atoms with van der Waals surface area (Å²) >= 11 is 20.9. The third-order valence-corrected chi connectivity index (χ3v) is 1.82. The lowest BCUT2D eigenvalue weighted by Crippen LogP contribution is -2.40. The number of aliphatic hydroxyl groups is 1. The van der Waals surface area contributed by atoms with E-state index in [9.17, 15) is 4.79 Å². The maximum absolute atomic E-state index is 10.5. The summed E-state index contributed by atoms with van der Waals surface area (Å²) < 4.78 is -1.58. The highest BCUT2D eigenvalue weighted by atomic mass is 35.6. The van der Waals surface area contributed by atoms with Crippen LogP contribution < -0.4 is 0 Å². The number of amides is 1. The largest absolute Gasteiger partial charge is 0.368 e. The van der Waals surface area contributed by atoms with Crippen LogP contribution in [0.15, 0.2) is 0 Å². The van der Waals surface area contributed by atoms with Gasteiger partial charge < -0.3 is 5.11 Å². The second-order valence-corrected chi connectivity index (χ2v) is 4.48. The lowest BCUT2D eigenvalue weighted by Gasteiger charge is -2.24. The summed E-state index contributed by atoms with van der Waals surface area (Å²) in [6.45, 7) is 1.13. The molecule has 0 aromatic rings. The van der Waals surface area contributed by atoms with Crippen molar-refractivity contribution in [2.45, 2.75) is 16.9 Å². The number of alkyl halides is 3. The smallest absolute Gasteiger partial charge is 0.236 e. The zero-order valence-electron chi connectivity index (χ0n) is 5.39. The Hall–Kier alpha value is 0.590. The number of nitrogens with zero attached hydrogens (tertiary/aromatic N) is 1. The molecular weight excluding hydrogens is 236 g/mol. The monoisotopic (exact) mass is 239 g/mol. The highest BCUT2D eigenvalue weighted by Gasteiger charge is 2.36. The van der Waals surface area contributed by atoms with Gasteiger partial charge in [-0.3, -0.25) is 4.79 Å². The van der Waals surface area contributed by atoms with Crippen LogP contribution in [0.5, 0.6) is 0 Å². The predicted molar refractivity (Wildman–Crippen MR) is 44.7 cm³/mol. The van der Waals surface area contributed by atoms with Gasteiger partial charge in [0.05, 0.1) is 0 Å². The molecule has 1 amide bonds. The molecule has 11 heavy (non-hydrogen) atoms. The van der Waals surface area contributed by atoms with E-state index in [0.717, 1.165) is 6.92 Å². The first-order chi connectivity index (χ1) is 4.76. The van der Waals surface area contributed by atoms with Gasteiger partial charge in [-0.1, -0.05) is 34.8 Å². The highest BCUT2D eigenvalue weighted by molar-refractivity contribution is 6.68. The lowest BCUT2D eigenvalue weighted by atomic mass is 10.6. The Balaban J connectivity index is 4.25. The third-order valence-electron chi connectivity index (χ3n) is 0.808. The first-order valence-corrected chi connectivity index (χ1v) is 3.94. The van der Waals surface area contributed by atoms with Crippen LogP contribution in [-0.2, 0) is 4.79 Å². The standard InChI is InChI=1S/C4H5Cl4NO2/c1-2(10)9(8)3(11)4(5,6)7/h3,11H,1H3. The van der Waals surface area contributed by atoms with Crippen LogP contribution in [0.2, 0.25) is 0 Å². The highest BCUT2D eigenvalue weighted by Crippen LogP contribution is 2.32. The van der Waals surface area contributed by atoms with Crippen molar-refractivity contribution in [3.8, 4) is 0 Å². The van der Waals surface area contributed by atoms with Gasteiger partial charge in [-0.2, -0.15) is 0 Å². The van der Waals surface area contributed by atoms with Crippen molar-refractivity contribution >= 4 is 52.5 Å². The van der Waals surface area contributed by atoms with E-state index < -0.39 is 15.9 Å². The number of aliphatic hydroxyl groups excluding tert-OH is 1. The van der Waals surface area contributed by atoms with E-state index in [1.165, 1.54) is 0 Å². The lowest BCUT2D eigenvalue weighted by molar-refractivity contribution is -0.130. The number of rotatable bonds is 1. The summed E-state index contributed by atoms with van der Waals surface area (Å²) in [6.07, 6.45) is -1.65. The molecule has 0 spiro atoms. The maximum atomic E-state index is 10.5. The van der Waals surface area contributed by atoms with E-state index >= 15 is 0 Å². The zero-order valence-corrected chi connectivity index (χ0v) is 8.42. The third kappa shape index (κ3) is 3.67. The quantitative estimate of drug-likeness (QED) is 0.431. The molecule has 0 aliphatic heterocycles. The molecule has 0 aromatic heterocycles. The van der Waals surface area contributed by atoms with Crippen molar-refractivity contribution in [3.63, 3.8) is 0 Å². The van der Waals surface area contributed by atoms with Crippen molar-refractivity contribution in [2.24, 2.45) is 0 Å². The molecule has 1 N–H and O–H groups in total. The Morgan fingerprint density at radius 3 is 2.00 bits per heavy atom. The fourth-order valence-electron chi connectivity index (χ4n) is 0.301. The van der Waals surface area contributed by atoms with Crippen LogP contribution in [0.25, 0.3) is 0 Å². The molecule has 0 heterocycles. The molecule has 3 nitrogen and oxygen atoms in total. The van der Waals surface area contributed by atoms with Crippen molar-refractivity contribution in [1.82, 2.24) is 4.42 Å². The van der Waals surface area contributed by atoms with E-state index in [2.05, 4.69) is 0 Å². The van der Waals surface area contributed by atoms with Crippen LogP contribution in [0.3, 0.4) is 0 Å². The van der Waals surface area contributed by atoms with Gasteiger partial charge in [-0.05, 0) is 0 Å². The molecule has 0 aromatic carbocycles. The van der Waals surface area contributed by atoms with Gasteiger partial charge >= 0.3 is 0 Å². The molecule has 0 aliphatic carbocycles. The van der Waals surface area contributed by atoms with E-state index in [0.29, 0.717) is 4.42 Å². The number of carbonyl (C=O) groups excluding carboxylic acids is 1. The van der Waals surface area contributed by atoms with E-state index in [1.54, 1.807) is 0 Å². The molecule has 0 aliphatic rings. The minimum atomic E-state index is -1.99. The molecule has 7 heteroatoms. The molecule has 1 atom stereocenters. The number of hydrogen-bond acceptors (Lipinski definition) is 2. The van der Waals surface area contributed by atoms with E-state index in [4.69, 9.17) is 51.7 Å². The number of hydrogen-bond donors (Lipinski definition) is 1. The number of carbonyl (C=O) groups is 1. The summed E-state index contributed by atoms with van der Waals surface area (Å²) in [6, 6.07) is 0. The Morgan fingerprint density at radius 2 is 1.91 bits per heavy atom. The van der Waals surface area contributed by atoms with Crippen molar-refractivity contribution in [1.29, 1.82) is 0 Å². The molecular formula is C4H5Cl4NO2. The second kappa shape index (κ2) is 4.01. The van der Waals surface area contributed by atoms with Gasteiger partial charge in [-0.15, -0.1) is 0 Å². The summed E-state index contributed by atoms with van der Waals surface area (Å²) in [5, 5.41) is 9.00. The summed E-state index contributed by atoms with van der Waals surface area (Å²) in [5.74, 6) is -0.606. The van der Waals surface area contributed by atoms with E-state index in [1.807, 2.05) is 0 Å². The molecule has 0 saturated heterocycles. The molecule has 0 radical (unpaired) electrons. The minimum absolute atomic E-state index is 0.410. The Kier molecular flexibility index (Phi) is 4.22. The molecule has 0 bridgehead atoms. The van der Waals surface area contributed by atoms with Gasteiger partial charge in [0.25, 0.3) is 0 Å². The summed E-state index contributed by atoms with van der Waals surface area (Å²) in [7, 11) is 0. The SMILES string of the molecule is CC(=O)N(Cl)C(O)C(Cl)(Cl)Cl. The fraction of sp³-hybridized carbons (Fsp3) is 0.750. The van der Waals surface area contributed by atoms with Gasteiger partial charge in [-0.25, -0.2) is 4.42 Å². The van der Waals surface area contributed by atoms with Crippen LogP contribution in [-0.4, -0.2) is 25.5 Å². The topological polar surface area (TPSA) is 40.5 Å².